The smallest absolute Gasteiger partial charge is 0.410 e. The third-order valence-electron chi connectivity index (χ3n) is 4.08. The molecule has 0 heterocycles. The zero-order valence-corrected chi connectivity index (χ0v) is 14.3. The molecule has 1 saturated carbocycles. The summed E-state index contributed by atoms with van der Waals surface area (Å²) >= 11 is 0. The molecular weight excluding hydrogens is 288 g/mol. The number of hydrogen-bond acceptors (Lipinski definition) is 3. The van der Waals surface area contributed by atoms with E-state index in [4.69, 9.17) is 10.00 Å². The number of amides is 1. The van der Waals surface area contributed by atoms with Crippen LogP contribution >= 0.6 is 0 Å². The molecule has 124 valence electrons. The van der Waals surface area contributed by atoms with Crippen molar-refractivity contribution in [3.05, 3.63) is 35.4 Å². The Morgan fingerprint density at radius 1 is 1.22 bits per heavy atom. The largest absolute Gasteiger partial charge is 0.444 e. The Kier molecular flexibility index (Phi) is 5.65. The number of hydrogen-bond donors (Lipinski definition) is 0. The van der Waals surface area contributed by atoms with Crippen LogP contribution < -0.4 is 0 Å². The van der Waals surface area contributed by atoms with Gasteiger partial charge in [-0.05, 0) is 51.3 Å². The molecule has 0 saturated heterocycles. The lowest BCUT2D eigenvalue weighted by Crippen LogP contribution is -2.43. The van der Waals surface area contributed by atoms with Crippen molar-refractivity contribution >= 4 is 6.09 Å². The van der Waals surface area contributed by atoms with Crippen LogP contribution in [0.25, 0.3) is 0 Å². The Hall–Kier alpha value is -2.02. The molecule has 4 heteroatoms. The van der Waals surface area contributed by atoms with Gasteiger partial charge in [-0.3, -0.25) is 0 Å². The lowest BCUT2D eigenvalue weighted by molar-refractivity contribution is 0.00989. The van der Waals surface area contributed by atoms with Crippen molar-refractivity contribution in [2.24, 2.45) is 0 Å². The van der Waals surface area contributed by atoms with Crippen molar-refractivity contribution < 1.29 is 9.53 Å². The number of rotatable bonds is 3. The minimum atomic E-state index is -0.491. The van der Waals surface area contributed by atoms with Gasteiger partial charge in [-0.2, -0.15) is 5.26 Å². The molecule has 0 aliphatic heterocycles. The Labute approximate surface area is 139 Å². The third kappa shape index (κ3) is 5.28. The van der Waals surface area contributed by atoms with Crippen LogP contribution in [0.2, 0.25) is 0 Å². The average Bonchev–Trinajstić information content (AvgIpc) is 2.52. The van der Waals surface area contributed by atoms with E-state index in [0.29, 0.717) is 12.1 Å². The molecule has 0 N–H and O–H groups in total. The molecular formula is C19H26N2O2. The predicted octanol–water partition coefficient (Wildman–Crippen LogP) is 4.63. The van der Waals surface area contributed by atoms with E-state index in [1.54, 1.807) is 12.1 Å². The number of ether oxygens (including phenoxy) is 1. The zero-order chi connectivity index (χ0) is 16.9. The summed E-state index contributed by atoms with van der Waals surface area (Å²) in [4.78, 5) is 14.5. The molecule has 1 aromatic rings. The minimum absolute atomic E-state index is 0.242. The fourth-order valence-corrected chi connectivity index (χ4v) is 2.94. The SMILES string of the molecule is CC(C)(C)OC(=O)N(Cc1ccc(C#N)cc1)C1CCCCC1. The van der Waals surface area contributed by atoms with Crippen LogP contribution in [-0.2, 0) is 11.3 Å². The van der Waals surface area contributed by atoms with Crippen molar-refractivity contribution in [2.45, 2.75) is 71.1 Å². The third-order valence-corrected chi connectivity index (χ3v) is 4.08. The van der Waals surface area contributed by atoms with Gasteiger partial charge < -0.3 is 9.64 Å². The second-order valence-electron chi connectivity index (χ2n) is 7.21. The minimum Gasteiger partial charge on any atom is -0.444 e. The van der Waals surface area contributed by atoms with Gasteiger partial charge in [-0.15, -0.1) is 0 Å². The quantitative estimate of drug-likeness (QED) is 0.817. The van der Waals surface area contributed by atoms with Gasteiger partial charge in [0.1, 0.15) is 5.60 Å². The van der Waals surface area contributed by atoms with E-state index in [2.05, 4.69) is 6.07 Å². The van der Waals surface area contributed by atoms with Crippen molar-refractivity contribution in [1.82, 2.24) is 4.90 Å². The van der Waals surface area contributed by atoms with Crippen LogP contribution in [0.4, 0.5) is 4.79 Å². The van der Waals surface area contributed by atoms with E-state index in [9.17, 15) is 4.79 Å². The van der Waals surface area contributed by atoms with E-state index in [-0.39, 0.29) is 12.1 Å². The summed E-state index contributed by atoms with van der Waals surface area (Å²) in [5, 5.41) is 8.90. The lowest BCUT2D eigenvalue weighted by Gasteiger charge is -2.35. The van der Waals surface area contributed by atoms with Crippen molar-refractivity contribution in [2.75, 3.05) is 0 Å². The van der Waals surface area contributed by atoms with Gasteiger partial charge in [-0.25, -0.2) is 4.79 Å². The molecule has 0 unspecified atom stereocenters. The van der Waals surface area contributed by atoms with Crippen LogP contribution in [0.3, 0.4) is 0 Å². The number of carbonyl (C=O) groups excluding carboxylic acids is 1. The van der Waals surface area contributed by atoms with Gasteiger partial charge in [0.2, 0.25) is 0 Å². The Bertz CT molecular complexity index is 561. The normalized spacial score (nSPS) is 15.7. The van der Waals surface area contributed by atoms with Gasteiger partial charge in [0, 0.05) is 12.6 Å². The first-order valence-corrected chi connectivity index (χ1v) is 8.38. The molecule has 1 aliphatic carbocycles. The molecule has 0 bridgehead atoms. The maximum atomic E-state index is 12.6. The summed E-state index contributed by atoms with van der Waals surface area (Å²) in [7, 11) is 0. The first-order chi connectivity index (χ1) is 10.9. The van der Waals surface area contributed by atoms with Crippen LogP contribution in [0.1, 0.15) is 64.0 Å². The maximum absolute atomic E-state index is 12.6. The number of nitrogens with zero attached hydrogens (tertiary/aromatic N) is 2. The maximum Gasteiger partial charge on any atom is 0.410 e. The zero-order valence-electron chi connectivity index (χ0n) is 14.3. The monoisotopic (exact) mass is 314 g/mol. The van der Waals surface area contributed by atoms with Crippen molar-refractivity contribution in [3.63, 3.8) is 0 Å². The standard InChI is InChI=1S/C19H26N2O2/c1-19(2,3)23-18(22)21(17-7-5-4-6-8-17)14-16-11-9-15(13-20)10-12-16/h9-12,17H,4-8,14H2,1-3H3. The van der Waals surface area contributed by atoms with E-state index in [1.807, 2.05) is 37.8 Å². The first kappa shape index (κ1) is 17.3. The fourth-order valence-electron chi connectivity index (χ4n) is 2.94. The molecule has 23 heavy (non-hydrogen) atoms. The summed E-state index contributed by atoms with van der Waals surface area (Å²) < 4.78 is 5.60. The highest BCUT2D eigenvalue weighted by Crippen LogP contribution is 2.26. The van der Waals surface area contributed by atoms with Crippen molar-refractivity contribution in [3.8, 4) is 6.07 Å². The van der Waals surface area contributed by atoms with Crippen LogP contribution in [-0.4, -0.2) is 22.6 Å². The molecule has 1 amide bonds. The van der Waals surface area contributed by atoms with Gasteiger partial charge in [0.05, 0.1) is 11.6 Å². The highest BCUT2D eigenvalue weighted by atomic mass is 16.6. The number of carbonyl (C=O) groups is 1. The predicted molar refractivity (Wildman–Crippen MR) is 89.8 cm³/mol. The fraction of sp³-hybridized carbons (Fsp3) is 0.579. The highest BCUT2D eigenvalue weighted by Gasteiger charge is 2.29. The number of nitriles is 1. The molecule has 0 radical (unpaired) electrons. The van der Waals surface area contributed by atoms with Gasteiger partial charge in [-0.1, -0.05) is 31.4 Å². The molecule has 0 spiro atoms. The molecule has 2 rings (SSSR count). The Morgan fingerprint density at radius 3 is 2.35 bits per heavy atom. The van der Waals surface area contributed by atoms with Crippen molar-refractivity contribution in [1.29, 1.82) is 5.26 Å². The second-order valence-corrected chi connectivity index (χ2v) is 7.21. The Balaban J connectivity index is 2.14. The highest BCUT2D eigenvalue weighted by molar-refractivity contribution is 5.68. The summed E-state index contributed by atoms with van der Waals surface area (Å²) in [6.07, 6.45) is 5.41. The molecule has 0 aromatic heterocycles. The molecule has 0 atom stereocenters. The van der Waals surface area contributed by atoms with E-state index < -0.39 is 5.60 Å². The summed E-state index contributed by atoms with van der Waals surface area (Å²) in [5.41, 5.74) is 1.17. The van der Waals surface area contributed by atoms with E-state index in [1.165, 1.54) is 6.42 Å². The van der Waals surface area contributed by atoms with E-state index in [0.717, 1.165) is 31.2 Å². The molecule has 1 fully saturated rings. The van der Waals surface area contributed by atoms with Crippen LogP contribution in [0.5, 0.6) is 0 Å². The Morgan fingerprint density at radius 2 is 1.83 bits per heavy atom. The summed E-state index contributed by atoms with van der Waals surface area (Å²) in [6, 6.07) is 9.79. The lowest BCUT2D eigenvalue weighted by atomic mass is 9.94. The van der Waals surface area contributed by atoms with Gasteiger partial charge >= 0.3 is 6.09 Å². The molecule has 1 aromatic carbocycles. The summed E-state index contributed by atoms with van der Waals surface area (Å²) in [5.74, 6) is 0. The van der Waals surface area contributed by atoms with Gasteiger partial charge in [0.15, 0.2) is 0 Å². The average molecular weight is 314 g/mol. The van der Waals surface area contributed by atoms with Gasteiger partial charge in [0.25, 0.3) is 0 Å². The first-order valence-electron chi connectivity index (χ1n) is 8.38. The van der Waals surface area contributed by atoms with Crippen LogP contribution in [0, 0.1) is 11.3 Å². The summed E-state index contributed by atoms with van der Waals surface area (Å²) in [6.45, 7) is 6.22. The molecule has 1 aliphatic rings. The number of benzene rings is 1. The molecule has 4 nitrogen and oxygen atoms in total. The van der Waals surface area contributed by atoms with E-state index >= 15 is 0 Å². The topological polar surface area (TPSA) is 53.3 Å². The second kappa shape index (κ2) is 7.50. The van der Waals surface area contributed by atoms with Crippen LogP contribution in [0.15, 0.2) is 24.3 Å².